The minimum Gasteiger partial charge on any atom is -0.387 e. The highest BCUT2D eigenvalue weighted by molar-refractivity contribution is 5.82. The van der Waals surface area contributed by atoms with Gasteiger partial charge in [0.2, 0.25) is 0 Å². The minimum atomic E-state index is -1.09. The molecule has 0 bridgehead atoms. The Bertz CT molecular complexity index is 500. The van der Waals surface area contributed by atoms with Crippen LogP contribution in [0, 0.1) is 22.0 Å². The van der Waals surface area contributed by atoms with Crippen LogP contribution in [0.5, 0.6) is 0 Å². The zero-order valence-corrected chi connectivity index (χ0v) is 10.8. The molecule has 1 aromatic rings. The topological polar surface area (TPSA) is 80.4 Å². The van der Waals surface area contributed by atoms with Crippen LogP contribution >= 0.6 is 0 Å². The van der Waals surface area contributed by atoms with Crippen LogP contribution < -0.4 is 0 Å². The number of aliphatic hydroxyl groups is 1. The van der Waals surface area contributed by atoms with Gasteiger partial charge in [-0.2, -0.15) is 0 Å². The lowest BCUT2D eigenvalue weighted by molar-refractivity contribution is -0.386. The van der Waals surface area contributed by atoms with Crippen LogP contribution in [0.2, 0.25) is 0 Å². The molecule has 0 aromatic heterocycles. The molecule has 1 unspecified atom stereocenters. The first kappa shape index (κ1) is 13.7. The van der Waals surface area contributed by atoms with Crippen molar-refractivity contribution in [3.8, 4) is 0 Å². The van der Waals surface area contributed by atoms with E-state index in [1.165, 1.54) is 12.1 Å². The Morgan fingerprint density at radius 2 is 2.11 bits per heavy atom. The normalized spacial score (nSPS) is 25.1. The van der Waals surface area contributed by atoms with E-state index in [1.807, 2.05) is 6.92 Å². The molecule has 2 rings (SSSR count). The lowest BCUT2D eigenvalue weighted by Gasteiger charge is -2.29. The summed E-state index contributed by atoms with van der Waals surface area (Å²) in [6.07, 6.45) is 0.783. The summed E-state index contributed by atoms with van der Waals surface area (Å²) >= 11 is 0. The van der Waals surface area contributed by atoms with Gasteiger partial charge >= 0.3 is 0 Å². The molecule has 0 saturated heterocycles. The molecule has 5 heteroatoms. The zero-order chi connectivity index (χ0) is 14.0. The second kappa shape index (κ2) is 5.48. The van der Waals surface area contributed by atoms with Crippen molar-refractivity contribution in [3.63, 3.8) is 0 Å². The number of carbonyl (C=O) groups excluding carboxylic acids is 1. The summed E-state index contributed by atoms with van der Waals surface area (Å²) < 4.78 is 0. The minimum absolute atomic E-state index is 0.00347. The van der Waals surface area contributed by atoms with Crippen molar-refractivity contribution in [3.05, 3.63) is 39.9 Å². The first-order valence-corrected chi connectivity index (χ1v) is 6.44. The highest BCUT2D eigenvalue weighted by Crippen LogP contribution is 2.37. The Kier molecular flexibility index (Phi) is 3.95. The van der Waals surface area contributed by atoms with Crippen LogP contribution in [0.1, 0.15) is 37.9 Å². The molecule has 1 N–H and O–H groups in total. The van der Waals surface area contributed by atoms with Crippen LogP contribution in [0.4, 0.5) is 5.69 Å². The van der Waals surface area contributed by atoms with Crippen LogP contribution in [0.3, 0.4) is 0 Å². The van der Waals surface area contributed by atoms with Gasteiger partial charge in [0.05, 0.1) is 16.6 Å². The number of nitrogens with zero attached hydrogens (tertiary/aromatic N) is 1. The van der Waals surface area contributed by atoms with Crippen molar-refractivity contribution < 1.29 is 14.8 Å². The Balaban J connectivity index is 2.30. The SMILES string of the molecule is CC1CCC(=O)[C@@H]([C@H](O)c2ccccc2[N+](=O)[O-])C1. The number of hydrogen-bond donors (Lipinski definition) is 1. The number of aliphatic hydroxyl groups excluding tert-OH is 1. The van der Waals surface area contributed by atoms with Gasteiger partial charge in [0.1, 0.15) is 5.78 Å². The zero-order valence-electron chi connectivity index (χ0n) is 10.8. The van der Waals surface area contributed by atoms with Gasteiger partial charge in [0.15, 0.2) is 0 Å². The molecular formula is C14H17NO4. The number of nitro benzene ring substituents is 1. The van der Waals surface area contributed by atoms with Crippen LogP contribution in [-0.2, 0) is 4.79 Å². The third kappa shape index (κ3) is 2.81. The van der Waals surface area contributed by atoms with Gasteiger partial charge in [-0.05, 0) is 24.8 Å². The molecule has 1 fully saturated rings. The number of carbonyl (C=O) groups is 1. The number of Topliss-reactive ketones (excluding diaryl/α,β-unsaturated/α-hetero) is 1. The van der Waals surface area contributed by atoms with Crippen LogP contribution in [-0.4, -0.2) is 15.8 Å². The Labute approximate surface area is 111 Å². The molecule has 102 valence electrons. The van der Waals surface area contributed by atoms with Gasteiger partial charge in [0, 0.05) is 18.4 Å². The lowest BCUT2D eigenvalue weighted by atomic mass is 9.77. The van der Waals surface area contributed by atoms with E-state index in [9.17, 15) is 20.0 Å². The molecule has 0 aliphatic heterocycles. The largest absolute Gasteiger partial charge is 0.387 e. The van der Waals surface area contributed by atoms with Crippen molar-refractivity contribution in [1.29, 1.82) is 0 Å². The Hall–Kier alpha value is -1.75. The lowest BCUT2D eigenvalue weighted by Crippen LogP contribution is -2.29. The van der Waals surface area contributed by atoms with Crippen molar-refractivity contribution in [2.24, 2.45) is 11.8 Å². The van der Waals surface area contributed by atoms with E-state index < -0.39 is 16.9 Å². The molecule has 1 saturated carbocycles. The number of hydrogen-bond acceptors (Lipinski definition) is 4. The van der Waals surface area contributed by atoms with Crippen LogP contribution in [0.25, 0.3) is 0 Å². The summed E-state index contributed by atoms with van der Waals surface area (Å²) in [5.74, 6) is -0.159. The number of para-hydroxylation sites is 1. The maximum absolute atomic E-state index is 11.9. The summed E-state index contributed by atoms with van der Waals surface area (Å²) in [5.41, 5.74) is 0.112. The summed E-state index contributed by atoms with van der Waals surface area (Å²) in [6, 6.07) is 6.08. The van der Waals surface area contributed by atoms with E-state index in [0.717, 1.165) is 6.42 Å². The second-order valence-electron chi connectivity index (χ2n) is 5.21. The molecule has 0 amide bonds. The molecular weight excluding hydrogens is 246 g/mol. The number of benzene rings is 1. The highest BCUT2D eigenvalue weighted by atomic mass is 16.6. The summed E-state index contributed by atoms with van der Waals surface area (Å²) in [6.45, 7) is 2.03. The van der Waals surface area contributed by atoms with E-state index in [1.54, 1.807) is 12.1 Å². The third-order valence-electron chi connectivity index (χ3n) is 3.79. The fourth-order valence-corrected chi connectivity index (χ4v) is 2.68. The van der Waals surface area contributed by atoms with Crippen molar-refractivity contribution in [2.75, 3.05) is 0 Å². The maximum Gasteiger partial charge on any atom is 0.275 e. The smallest absolute Gasteiger partial charge is 0.275 e. The fraction of sp³-hybridized carbons (Fsp3) is 0.500. The molecule has 5 nitrogen and oxygen atoms in total. The van der Waals surface area contributed by atoms with Crippen molar-refractivity contribution in [1.82, 2.24) is 0 Å². The van der Waals surface area contributed by atoms with Gasteiger partial charge in [-0.3, -0.25) is 14.9 Å². The van der Waals surface area contributed by atoms with E-state index in [4.69, 9.17) is 0 Å². The summed E-state index contributed by atoms with van der Waals surface area (Å²) in [4.78, 5) is 22.4. The number of rotatable bonds is 3. The first-order chi connectivity index (χ1) is 9.00. The molecule has 1 aromatic carbocycles. The van der Waals surface area contributed by atoms with E-state index >= 15 is 0 Å². The van der Waals surface area contributed by atoms with Crippen molar-refractivity contribution in [2.45, 2.75) is 32.3 Å². The average molecular weight is 263 g/mol. The van der Waals surface area contributed by atoms with E-state index in [0.29, 0.717) is 18.8 Å². The summed E-state index contributed by atoms with van der Waals surface area (Å²) in [5, 5.41) is 21.3. The molecule has 3 atom stereocenters. The van der Waals surface area contributed by atoms with Gasteiger partial charge < -0.3 is 5.11 Å². The monoisotopic (exact) mass is 263 g/mol. The predicted octanol–water partition coefficient (Wildman–Crippen LogP) is 2.63. The summed E-state index contributed by atoms with van der Waals surface area (Å²) in [7, 11) is 0. The highest BCUT2D eigenvalue weighted by Gasteiger charge is 2.35. The van der Waals surface area contributed by atoms with E-state index in [-0.39, 0.29) is 17.0 Å². The molecule has 0 radical (unpaired) electrons. The van der Waals surface area contributed by atoms with Gasteiger partial charge in [-0.15, -0.1) is 0 Å². The Morgan fingerprint density at radius 3 is 2.79 bits per heavy atom. The van der Waals surface area contributed by atoms with E-state index in [2.05, 4.69) is 0 Å². The molecule has 19 heavy (non-hydrogen) atoms. The fourth-order valence-electron chi connectivity index (χ4n) is 2.68. The maximum atomic E-state index is 11.9. The molecule has 0 spiro atoms. The quantitative estimate of drug-likeness (QED) is 0.671. The standard InChI is InChI=1S/C14H17NO4/c1-9-6-7-13(16)11(8-9)14(17)10-4-2-3-5-12(10)15(18)19/h2-5,9,11,14,17H,6-8H2,1H3/t9?,11-,14+/m0/s1. The van der Waals surface area contributed by atoms with Crippen molar-refractivity contribution >= 4 is 11.5 Å². The number of nitro groups is 1. The van der Waals surface area contributed by atoms with Gasteiger partial charge in [-0.1, -0.05) is 19.1 Å². The number of ketones is 1. The van der Waals surface area contributed by atoms with Crippen LogP contribution in [0.15, 0.2) is 24.3 Å². The first-order valence-electron chi connectivity index (χ1n) is 6.44. The average Bonchev–Trinajstić information content (AvgIpc) is 2.40. The van der Waals surface area contributed by atoms with Gasteiger partial charge in [0.25, 0.3) is 5.69 Å². The van der Waals surface area contributed by atoms with Gasteiger partial charge in [-0.25, -0.2) is 0 Å². The molecule has 1 aliphatic carbocycles. The second-order valence-corrected chi connectivity index (χ2v) is 5.21. The molecule has 0 heterocycles. The molecule has 1 aliphatic rings. The third-order valence-corrected chi connectivity index (χ3v) is 3.79. The predicted molar refractivity (Wildman–Crippen MR) is 69.6 cm³/mol. The Morgan fingerprint density at radius 1 is 1.42 bits per heavy atom.